The number of rotatable bonds is 2. The summed E-state index contributed by atoms with van der Waals surface area (Å²) < 4.78 is 34.3. The van der Waals surface area contributed by atoms with Gasteiger partial charge in [0, 0.05) is 43.8 Å². The molecule has 0 spiro atoms. The van der Waals surface area contributed by atoms with Crippen LogP contribution in [0, 0.1) is 6.92 Å². The average Bonchev–Trinajstić information content (AvgIpc) is 3.15. The molecule has 176 valence electrons. The maximum absolute atomic E-state index is 13.9. The minimum atomic E-state index is -3.82. The number of hydrogen-bond donors (Lipinski definition) is 0. The molecule has 0 fully saturated rings. The Balaban J connectivity index is 1.51. The number of nitrogens with zero attached hydrogens (tertiary/aromatic N) is 4. The van der Waals surface area contributed by atoms with Crippen molar-refractivity contribution in [3.8, 4) is 0 Å². The van der Waals surface area contributed by atoms with Gasteiger partial charge in [0.1, 0.15) is 0 Å². The summed E-state index contributed by atoms with van der Waals surface area (Å²) in [4.78, 5) is 24.6. The number of aryl methyl sites for hydroxylation is 4. The third kappa shape index (κ3) is 2.77. The first-order valence-electron chi connectivity index (χ1n) is 11.5. The van der Waals surface area contributed by atoms with Gasteiger partial charge in [0.25, 0.3) is 0 Å². The number of sulfonamides is 1. The van der Waals surface area contributed by atoms with Crippen LogP contribution in [0.5, 0.6) is 0 Å². The highest BCUT2D eigenvalue weighted by Crippen LogP contribution is 2.44. The fourth-order valence-corrected chi connectivity index (χ4v) is 7.46. The molecular formula is C25H26N4O4S. The summed E-state index contributed by atoms with van der Waals surface area (Å²) >= 11 is 0. The van der Waals surface area contributed by atoms with Crippen molar-refractivity contribution in [3.63, 3.8) is 0 Å². The molecule has 1 atom stereocenters. The predicted octanol–water partition coefficient (Wildman–Crippen LogP) is 2.58. The molecule has 2 aliphatic rings. The summed E-state index contributed by atoms with van der Waals surface area (Å²) in [6.07, 6.45) is 2.67. The normalized spacial score (nSPS) is 18.5. The fourth-order valence-electron chi connectivity index (χ4n) is 5.83. The smallest absolute Gasteiger partial charge is 0.316 e. The van der Waals surface area contributed by atoms with Crippen LogP contribution in [0.1, 0.15) is 35.7 Å². The Labute approximate surface area is 196 Å². The molecule has 0 saturated heterocycles. The van der Waals surface area contributed by atoms with Gasteiger partial charge < -0.3 is 13.7 Å². The van der Waals surface area contributed by atoms with E-state index in [9.17, 15) is 18.0 Å². The van der Waals surface area contributed by atoms with Crippen LogP contribution in [0.4, 0.5) is 0 Å². The van der Waals surface area contributed by atoms with Gasteiger partial charge in [-0.15, -0.1) is 0 Å². The van der Waals surface area contributed by atoms with Crippen LogP contribution in [0.25, 0.3) is 21.9 Å². The van der Waals surface area contributed by atoms with Crippen molar-refractivity contribution < 1.29 is 8.42 Å². The van der Waals surface area contributed by atoms with Gasteiger partial charge in [0.05, 0.1) is 22.0 Å². The van der Waals surface area contributed by atoms with Gasteiger partial charge in [-0.05, 0) is 62.1 Å². The molecule has 6 rings (SSSR count). The molecule has 3 heterocycles. The second-order valence-electron chi connectivity index (χ2n) is 9.44. The first-order valence-corrected chi connectivity index (χ1v) is 13.0. The van der Waals surface area contributed by atoms with E-state index in [1.165, 1.54) is 51.3 Å². The zero-order chi connectivity index (χ0) is 23.9. The van der Waals surface area contributed by atoms with Gasteiger partial charge in [-0.1, -0.05) is 11.6 Å². The minimum Gasteiger partial charge on any atom is -0.341 e. The molecule has 0 saturated carbocycles. The van der Waals surface area contributed by atoms with Gasteiger partial charge in [-0.25, -0.2) is 8.42 Å². The molecule has 4 aromatic rings. The first kappa shape index (κ1) is 21.4. The van der Waals surface area contributed by atoms with E-state index in [2.05, 4.69) is 29.7 Å². The second-order valence-corrected chi connectivity index (χ2v) is 11.3. The van der Waals surface area contributed by atoms with Crippen LogP contribution in [0.15, 0.2) is 50.9 Å². The lowest BCUT2D eigenvalue weighted by Crippen LogP contribution is -2.43. The summed E-state index contributed by atoms with van der Waals surface area (Å²) in [7, 11) is -0.801. The van der Waals surface area contributed by atoms with Crippen molar-refractivity contribution >= 4 is 32.0 Å². The summed E-state index contributed by atoms with van der Waals surface area (Å²) in [6.45, 7) is 3.08. The van der Waals surface area contributed by atoms with Crippen molar-refractivity contribution in [2.24, 2.45) is 14.1 Å². The largest absolute Gasteiger partial charge is 0.341 e. The second kappa shape index (κ2) is 7.16. The summed E-state index contributed by atoms with van der Waals surface area (Å²) in [5.41, 5.74) is 4.39. The number of fused-ring (bicyclic) bond motifs is 4. The lowest BCUT2D eigenvalue weighted by atomic mass is 9.90. The van der Waals surface area contributed by atoms with Crippen molar-refractivity contribution in [1.82, 2.24) is 18.0 Å². The Morgan fingerprint density at radius 1 is 0.882 bits per heavy atom. The molecule has 9 heteroatoms. The molecule has 0 N–H and O–H groups in total. The number of aromatic nitrogens is 3. The lowest BCUT2D eigenvalue weighted by Gasteiger charge is -2.39. The van der Waals surface area contributed by atoms with Gasteiger partial charge in [0.15, 0.2) is 0 Å². The third-order valence-corrected chi connectivity index (χ3v) is 9.45. The van der Waals surface area contributed by atoms with Gasteiger partial charge in [0.2, 0.25) is 10.0 Å². The van der Waals surface area contributed by atoms with E-state index in [0.717, 1.165) is 25.0 Å². The van der Waals surface area contributed by atoms with Crippen molar-refractivity contribution in [1.29, 1.82) is 0 Å². The monoisotopic (exact) mass is 478 g/mol. The van der Waals surface area contributed by atoms with E-state index in [1.54, 1.807) is 16.4 Å². The van der Waals surface area contributed by atoms with Gasteiger partial charge in [-0.3, -0.25) is 9.59 Å². The minimum absolute atomic E-state index is 0.140. The third-order valence-electron chi connectivity index (χ3n) is 7.55. The van der Waals surface area contributed by atoms with E-state index < -0.39 is 21.1 Å². The highest BCUT2D eigenvalue weighted by atomic mass is 32.2. The lowest BCUT2D eigenvalue weighted by molar-refractivity contribution is 0.243. The highest BCUT2D eigenvalue weighted by Gasteiger charge is 2.41. The molecule has 0 unspecified atom stereocenters. The standard InChI is InChI=1S/C25H26N4O4S/c1-15-7-9-19-18(13-15)17-5-4-6-21-23(17)28(19)11-12-29(21)34(32,33)16-8-10-20-22(14-16)27(3)25(31)24(30)26(20)2/h7-10,13-14,21H,4-6,11-12H2,1-3H3/t21-/m1/s1. The van der Waals surface area contributed by atoms with Crippen LogP contribution in [-0.4, -0.2) is 33.0 Å². The van der Waals surface area contributed by atoms with Crippen molar-refractivity contribution in [2.75, 3.05) is 6.54 Å². The van der Waals surface area contributed by atoms with Crippen LogP contribution in [0.3, 0.4) is 0 Å². The number of hydrogen-bond acceptors (Lipinski definition) is 4. The van der Waals surface area contributed by atoms with Crippen LogP contribution >= 0.6 is 0 Å². The summed E-state index contributed by atoms with van der Waals surface area (Å²) in [6, 6.07) is 10.9. The fraction of sp³-hybridized carbons (Fsp3) is 0.360. The van der Waals surface area contributed by atoms with E-state index >= 15 is 0 Å². The zero-order valence-electron chi connectivity index (χ0n) is 19.4. The van der Waals surface area contributed by atoms with Crippen LogP contribution in [-0.2, 0) is 37.1 Å². The summed E-state index contributed by atoms with van der Waals surface area (Å²) in [5, 5.41) is 1.24. The SMILES string of the molecule is Cc1ccc2c(c1)c1c3n2CCN(S(=O)(=O)c2ccc4c(c2)n(C)c(=O)c(=O)n4C)[C@@H]3CCC1. The molecule has 1 aliphatic heterocycles. The topological polar surface area (TPSA) is 86.3 Å². The quantitative estimate of drug-likeness (QED) is 0.415. The molecular weight excluding hydrogens is 452 g/mol. The van der Waals surface area contributed by atoms with E-state index in [4.69, 9.17) is 0 Å². The Bertz CT molecular complexity index is 1740. The molecule has 0 bridgehead atoms. The maximum atomic E-state index is 13.9. The Kier molecular flexibility index (Phi) is 4.50. The average molecular weight is 479 g/mol. The molecule has 1 aliphatic carbocycles. The van der Waals surface area contributed by atoms with Crippen LogP contribution < -0.4 is 11.1 Å². The Morgan fingerprint density at radius 3 is 2.35 bits per heavy atom. The maximum Gasteiger partial charge on any atom is 0.316 e. The molecule has 0 amide bonds. The van der Waals surface area contributed by atoms with Gasteiger partial charge >= 0.3 is 11.1 Å². The Hall–Kier alpha value is -3.17. The van der Waals surface area contributed by atoms with E-state index in [-0.39, 0.29) is 10.9 Å². The molecule has 8 nitrogen and oxygen atoms in total. The zero-order valence-corrected chi connectivity index (χ0v) is 20.2. The molecule has 2 aromatic carbocycles. The Morgan fingerprint density at radius 2 is 1.59 bits per heavy atom. The van der Waals surface area contributed by atoms with Gasteiger partial charge in [-0.2, -0.15) is 4.31 Å². The van der Waals surface area contributed by atoms with Crippen molar-refractivity contribution in [3.05, 3.63) is 73.9 Å². The molecule has 2 aromatic heterocycles. The molecule has 0 radical (unpaired) electrons. The van der Waals surface area contributed by atoms with Crippen molar-refractivity contribution in [2.45, 2.75) is 43.7 Å². The first-order chi connectivity index (χ1) is 16.2. The summed E-state index contributed by atoms with van der Waals surface area (Å²) in [5.74, 6) is 0. The van der Waals surface area contributed by atoms with E-state index in [1.807, 2.05) is 0 Å². The predicted molar refractivity (Wildman–Crippen MR) is 131 cm³/mol. The molecule has 34 heavy (non-hydrogen) atoms. The highest BCUT2D eigenvalue weighted by molar-refractivity contribution is 7.89. The van der Waals surface area contributed by atoms with Crippen LogP contribution in [0.2, 0.25) is 0 Å². The number of benzene rings is 2. The van der Waals surface area contributed by atoms with E-state index in [0.29, 0.717) is 24.1 Å².